The van der Waals surface area contributed by atoms with Crippen LogP contribution in [-0.2, 0) is 14.3 Å². The quantitative estimate of drug-likeness (QED) is 0.355. The first-order valence-corrected chi connectivity index (χ1v) is 3.79. The molecule has 3 nitrogen and oxygen atoms in total. The molecule has 0 N–H and O–H groups in total. The van der Waals surface area contributed by atoms with E-state index in [9.17, 15) is 9.59 Å². The van der Waals surface area contributed by atoms with Crippen molar-refractivity contribution in [2.45, 2.75) is 12.8 Å². The van der Waals surface area contributed by atoms with E-state index in [1.165, 1.54) is 12.2 Å². The van der Waals surface area contributed by atoms with Gasteiger partial charge in [0.05, 0.1) is 0 Å². The van der Waals surface area contributed by atoms with Crippen molar-refractivity contribution in [1.82, 2.24) is 0 Å². The molecule has 0 aliphatic carbocycles. The smallest absolute Gasteiger partial charge is 0.331 e. The summed E-state index contributed by atoms with van der Waals surface area (Å²) in [7, 11) is 0. The van der Waals surface area contributed by atoms with E-state index in [2.05, 4.69) is 0 Å². The van der Waals surface area contributed by atoms with Crippen LogP contribution in [0.3, 0.4) is 0 Å². The number of hydrogen-bond donors (Lipinski definition) is 0. The summed E-state index contributed by atoms with van der Waals surface area (Å²) in [6, 6.07) is 0. The highest BCUT2D eigenvalue weighted by Crippen LogP contribution is 2.12. The lowest BCUT2D eigenvalue weighted by atomic mass is 10.1. The van der Waals surface area contributed by atoms with Crippen molar-refractivity contribution in [3.63, 3.8) is 0 Å². The van der Waals surface area contributed by atoms with Gasteiger partial charge in [0.25, 0.3) is 0 Å². The maximum atomic E-state index is 10.6. The van der Waals surface area contributed by atoms with Crippen molar-refractivity contribution >= 4 is 12.3 Å². The van der Waals surface area contributed by atoms with Gasteiger partial charge in [-0.15, -0.1) is 0 Å². The maximum Gasteiger partial charge on any atom is 0.331 e. The van der Waals surface area contributed by atoms with E-state index in [-0.39, 0.29) is 5.97 Å². The number of carbonyl (C=O) groups excluding carboxylic acids is 2. The van der Waals surface area contributed by atoms with Crippen LogP contribution in [0.5, 0.6) is 0 Å². The van der Waals surface area contributed by atoms with E-state index >= 15 is 0 Å². The molecule has 12 heavy (non-hydrogen) atoms. The highest BCUT2D eigenvalue weighted by molar-refractivity contribution is 5.85. The molecule has 0 fully saturated rings. The topological polar surface area (TPSA) is 43.4 Å². The lowest BCUT2D eigenvalue weighted by molar-refractivity contribution is -0.134. The van der Waals surface area contributed by atoms with Crippen molar-refractivity contribution in [1.29, 1.82) is 0 Å². The normalized spacial score (nSPS) is 16.3. The van der Waals surface area contributed by atoms with Gasteiger partial charge in [-0.3, -0.25) is 4.79 Å². The van der Waals surface area contributed by atoms with Crippen LogP contribution in [0.25, 0.3) is 0 Å². The number of ether oxygens (including phenoxy) is 1. The molecule has 0 aromatic heterocycles. The Morgan fingerprint density at radius 2 is 2.42 bits per heavy atom. The average molecular weight is 166 g/mol. The van der Waals surface area contributed by atoms with Gasteiger partial charge in [0.1, 0.15) is 12.9 Å². The van der Waals surface area contributed by atoms with Gasteiger partial charge in [-0.1, -0.05) is 6.08 Å². The number of hydrogen-bond acceptors (Lipinski definition) is 3. The van der Waals surface area contributed by atoms with Crippen molar-refractivity contribution < 1.29 is 14.3 Å². The molecule has 64 valence electrons. The zero-order valence-electron chi connectivity index (χ0n) is 6.66. The van der Waals surface area contributed by atoms with Crippen molar-refractivity contribution in [2.75, 3.05) is 6.61 Å². The minimum atomic E-state index is -0.260. The third-order valence-electron chi connectivity index (χ3n) is 1.57. The molecule has 0 aromatic rings. The molecule has 1 heterocycles. The summed E-state index contributed by atoms with van der Waals surface area (Å²) in [5.41, 5.74) is 0.996. The molecular weight excluding hydrogens is 156 g/mol. The van der Waals surface area contributed by atoms with Crippen molar-refractivity contribution in [3.05, 3.63) is 23.8 Å². The lowest BCUT2D eigenvalue weighted by Gasteiger charge is -1.94. The van der Waals surface area contributed by atoms with Crippen molar-refractivity contribution in [2.24, 2.45) is 0 Å². The molecule has 0 spiro atoms. The Kier molecular flexibility index (Phi) is 3.26. The zero-order chi connectivity index (χ0) is 8.81. The second kappa shape index (κ2) is 4.49. The highest BCUT2D eigenvalue weighted by Gasteiger charge is 2.10. The number of cyclic esters (lactones) is 1. The largest absolute Gasteiger partial charge is 0.458 e. The number of allylic oxidation sites excluding steroid dienone is 2. The summed E-state index contributed by atoms with van der Waals surface area (Å²) < 4.78 is 4.70. The van der Waals surface area contributed by atoms with Gasteiger partial charge in [-0.2, -0.15) is 0 Å². The zero-order valence-corrected chi connectivity index (χ0v) is 6.66. The van der Waals surface area contributed by atoms with Crippen LogP contribution in [0.4, 0.5) is 0 Å². The minimum Gasteiger partial charge on any atom is -0.458 e. The Labute approximate surface area is 70.7 Å². The summed E-state index contributed by atoms with van der Waals surface area (Å²) in [5, 5.41) is 0. The van der Waals surface area contributed by atoms with Crippen LogP contribution in [0.15, 0.2) is 23.8 Å². The summed E-state index contributed by atoms with van der Waals surface area (Å²) in [5.74, 6) is -0.260. The van der Waals surface area contributed by atoms with Gasteiger partial charge in [-0.05, 0) is 24.5 Å². The van der Waals surface area contributed by atoms with Crippen molar-refractivity contribution in [3.8, 4) is 0 Å². The van der Waals surface area contributed by atoms with E-state index in [4.69, 9.17) is 4.74 Å². The predicted molar refractivity (Wildman–Crippen MR) is 43.5 cm³/mol. The Morgan fingerprint density at radius 1 is 1.58 bits per heavy atom. The second-order valence-corrected chi connectivity index (χ2v) is 2.51. The molecule has 0 saturated carbocycles. The van der Waals surface area contributed by atoms with Gasteiger partial charge >= 0.3 is 5.97 Å². The number of aldehydes is 1. The van der Waals surface area contributed by atoms with Crippen LogP contribution >= 0.6 is 0 Å². The molecule has 1 aliphatic rings. The van der Waals surface area contributed by atoms with Crippen LogP contribution in [0.1, 0.15) is 12.8 Å². The molecule has 0 aromatic carbocycles. The minimum absolute atomic E-state index is 0.260. The summed E-state index contributed by atoms with van der Waals surface area (Å²) in [6.45, 7) is 0.410. The van der Waals surface area contributed by atoms with Crippen LogP contribution in [0.2, 0.25) is 0 Å². The molecule has 3 heteroatoms. The summed E-state index contributed by atoms with van der Waals surface area (Å²) >= 11 is 0. The number of rotatable bonds is 4. The SMILES string of the molecule is O=C/C=C/CCC1=CC(=O)OC1. The lowest BCUT2D eigenvalue weighted by Crippen LogP contribution is -1.91. The van der Waals surface area contributed by atoms with E-state index in [0.717, 1.165) is 24.7 Å². The van der Waals surface area contributed by atoms with E-state index in [0.29, 0.717) is 6.61 Å². The van der Waals surface area contributed by atoms with E-state index in [1.807, 2.05) is 0 Å². The fourth-order valence-electron chi connectivity index (χ4n) is 0.979. The molecular formula is C9H10O3. The molecule has 0 bridgehead atoms. The molecule has 0 unspecified atom stereocenters. The Morgan fingerprint density at radius 3 is 3.00 bits per heavy atom. The average Bonchev–Trinajstić information content (AvgIpc) is 2.45. The highest BCUT2D eigenvalue weighted by atomic mass is 16.5. The molecule has 1 aliphatic heterocycles. The molecule has 0 radical (unpaired) electrons. The molecule has 0 atom stereocenters. The third kappa shape index (κ3) is 2.70. The first-order valence-electron chi connectivity index (χ1n) is 3.79. The van der Waals surface area contributed by atoms with Gasteiger partial charge in [0.15, 0.2) is 0 Å². The Balaban J connectivity index is 2.24. The first kappa shape index (κ1) is 8.71. The van der Waals surface area contributed by atoms with E-state index in [1.54, 1.807) is 6.08 Å². The molecule has 1 rings (SSSR count). The monoisotopic (exact) mass is 166 g/mol. The fraction of sp³-hybridized carbons (Fsp3) is 0.333. The predicted octanol–water partition coefficient (Wildman–Crippen LogP) is 1.00. The van der Waals surface area contributed by atoms with Gasteiger partial charge in [-0.25, -0.2) is 4.79 Å². The Hall–Kier alpha value is -1.38. The van der Waals surface area contributed by atoms with Gasteiger partial charge in [0, 0.05) is 6.08 Å². The fourth-order valence-corrected chi connectivity index (χ4v) is 0.979. The molecule has 0 amide bonds. The van der Waals surface area contributed by atoms with Crippen LogP contribution < -0.4 is 0 Å². The number of carbonyl (C=O) groups is 2. The van der Waals surface area contributed by atoms with Crippen LogP contribution in [-0.4, -0.2) is 18.9 Å². The summed E-state index contributed by atoms with van der Waals surface area (Å²) in [6.07, 6.45) is 7.05. The first-order chi connectivity index (χ1) is 5.83. The summed E-state index contributed by atoms with van der Waals surface area (Å²) in [4.78, 5) is 20.4. The van der Waals surface area contributed by atoms with E-state index < -0.39 is 0 Å². The van der Waals surface area contributed by atoms with Gasteiger partial charge in [0.2, 0.25) is 0 Å². The van der Waals surface area contributed by atoms with Gasteiger partial charge < -0.3 is 4.74 Å². The van der Waals surface area contributed by atoms with Crippen LogP contribution in [0, 0.1) is 0 Å². The Bertz CT molecular complexity index is 238. The maximum absolute atomic E-state index is 10.6. The second-order valence-electron chi connectivity index (χ2n) is 2.51. The third-order valence-corrected chi connectivity index (χ3v) is 1.57. The molecule has 0 saturated heterocycles. The standard InChI is InChI=1S/C9H10O3/c10-5-3-1-2-4-8-6-9(11)12-7-8/h1,3,5-6H,2,4,7H2/b3-1+. The number of esters is 1.